The minimum Gasteiger partial charge on any atom is -0.491 e. The van der Waals surface area contributed by atoms with Crippen LogP contribution in [-0.4, -0.2) is 39.9 Å². The maximum Gasteiger partial charge on any atom is 0.338 e. The van der Waals surface area contributed by atoms with Crippen molar-refractivity contribution in [2.24, 2.45) is 0 Å². The first-order chi connectivity index (χ1) is 12.6. The Kier molecular flexibility index (Phi) is 5.65. The number of thiophene rings is 1. The van der Waals surface area contributed by atoms with Crippen molar-refractivity contribution in [2.75, 3.05) is 13.2 Å². The second-order valence-corrected chi connectivity index (χ2v) is 6.46. The number of ether oxygens (including phenoxy) is 2. The van der Waals surface area contributed by atoms with Crippen LogP contribution >= 0.6 is 11.3 Å². The second-order valence-electron chi connectivity index (χ2n) is 5.55. The first-order valence-electron chi connectivity index (χ1n) is 8.09. The SMILES string of the molecule is CCOC(=O)c1ccc(OC[C@H](O)Cn2cnc3ccsc3c2=O)cc1. The number of hydrogen-bond acceptors (Lipinski definition) is 7. The Morgan fingerprint density at radius 3 is 2.81 bits per heavy atom. The Balaban J connectivity index is 1.58. The summed E-state index contributed by atoms with van der Waals surface area (Å²) in [5.74, 6) is 0.117. The monoisotopic (exact) mass is 374 g/mol. The van der Waals surface area contributed by atoms with E-state index in [9.17, 15) is 14.7 Å². The van der Waals surface area contributed by atoms with Crippen molar-refractivity contribution in [3.05, 3.63) is 58.0 Å². The molecule has 0 amide bonds. The van der Waals surface area contributed by atoms with Crippen molar-refractivity contribution in [1.82, 2.24) is 9.55 Å². The molecule has 0 aliphatic rings. The van der Waals surface area contributed by atoms with Crippen molar-refractivity contribution in [3.8, 4) is 5.75 Å². The van der Waals surface area contributed by atoms with Gasteiger partial charge in [0.05, 0.1) is 30.6 Å². The number of nitrogens with zero attached hydrogens (tertiary/aromatic N) is 2. The Hall–Kier alpha value is -2.71. The molecule has 136 valence electrons. The molecule has 0 saturated carbocycles. The number of aliphatic hydroxyl groups excluding tert-OH is 1. The van der Waals surface area contributed by atoms with Gasteiger partial charge in [-0.15, -0.1) is 11.3 Å². The molecule has 26 heavy (non-hydrogen) atoms. The number of fused-ring (bicyclic) bond motifs is 1. The van der Waals surface area contributed by atoms with Crippen molar-refractivity contribution in [2.45, 2.75) is 19.6 Å². The largest absolute Gasteiger partial charge is 0.491 e. The van der Waals surface area contributed by atoms with E-state index >= 15 is 0 Å². The van der Waals surface area contributed by atoms with E-state index in [1.165, 1.54) is 22.2 Å². The minimum absolute atomic E-state index is 0.00761. The number of carbonyl (C=O) groups is 1. The molecular weight excluding hydrogens is 356 g/mol. The van der Waals surface area contributed by atoms with Gasteiger partial charge in [0.2, 0.25) is 0 Å². The van der Waals surface area contributed by atoms with Crippen LogP contribution in [-0.2, 0) is 11.3 Å². The number of rotatable bonds is 7. The van der Waals surface area contributed by atoms with E-state index < -0.39 is 12.1 Å². The Bertz CT molecular complexity index is 948. The smallest absolute Gasteiger partial charge is 0.338 e. The van der Waals surface area contributed by atoms with Gasteiger partial charge in [0, 0.05) is 0 Å². The third-order valence-corrected chi connectivity index (χ3v) is 4.54. The normalized spacial score (nSPS) is 12.1. The molecule has 0 bridgehead atoms. The molecule has 1 atom stereocenters. The van der Waals surface area contributed by atoms with E-state index in [0.717, 1.165) is 0 Å². The highest BCUT2D eigenvalue weighted by molar-refractivity contribution is 7.17. The van der Waals surface area contributed by atoms with Crippen LogP contribution in [0.5, 0.6) is 5.75 Å². The summed E-state index contributed by atoms with van der Waals surface area (Å²) in [6.07, 6.45) is 0.547. The summed E-state index contributed by atoms with van der Waals surface area (Å²) in [6.45, 7) is 2.15. The molecule has 0 spiro atoms. The molecule has 8 heteroatoms. The van der Waals surface area contributed by atoms with Gasteiger partial charge in [-0.25, -0.2) is 9.78 Å². The van der Waals surface area contributed by atoms with Gasteiger partial charge in [-0.1, -0.05) is 0 Å². The van der Waals surface area contributed by atoms with Gasteiger partial charge in [-0.3, -0.25) is 9.36 Å². The third kappa shape index (κ3) is 4.09. The number of hydrogen-bond donors (Lipinski definition) is 1. The highest BCUT2D eigenvalue weighted by Gasteiger charge is 2.11. The van der Waals surface area contributed by atoms with Crippen molar-refractivity contribution < 1.29 is 19.4 Å². The van der Waals surface area contributed by atoms with Crippen LogP contribution in [0.4, 0.5) is 0 Å². The highest BCUT2D eigenvalue weighted by Crippen LogP contribution is 2.15. The summed E-state index contributed by atoms with van der Waals surface area (Å²) in [4.78, 5) is 28.1. The molecule has 3 rings (SSSR count). The van der Waals surface area contributed by atoms with Crippen LogP contribution in [0.1, 0.15) is 17.3 Å². The fraction of sp³-hybridized carbons (Fsp3) is 0.278. The van der Waals surface area contributed by atoms with E-state index in [0.29, 0.717) is 28.1 Å². The fourth-order valence-corrected chi connectivity index (χ4v) is 3.18. The lowest BCUT2D eigenvalue weighted by Crippen LogP contribution is -2.30. The zero-order valence-electron chi connectivity index (χ0n) is 14.1. The molecule has 1 aromatic carbocycles. The van der Waals surface area contributed by atoms with Crippen molar-refractivity contribution >= 4 is 27.5 Å². The van der Waals surface area contributed by atoms with Gasteiger partial charge in [0.15, 0.2) is 0 Å². The van der Waals surface area contributed by atoms with Crippen molar-refractivity contribution in [3.63, 3.8) is 0 Å². The van der Waals surface area contributed by atoms with Gasteiger partial charge in [-0.05, 0) is 42.6 Å². The lowest BCUT2D eigenvalue weighted by Gasteiger charge is -2.14. The Morgan fingerprint density at radius 1 is 1.31 bits per heavy atom. The lowest BCUT2D eigenvalue weighted by molar-refractivity contribution is 0.0526. The molecule has 7 nitrogen and oxygen atoms in total. The molecule has 0 aliphatic carbocycles. The summed E-state index contributed by atoms with van der Waals surface area (Å²) in [7, 11) is 0. The van der Waals surface area contributed by atoms with Gasteiger partial charge in [-0.2, -0.15) is 0 Å². The van der Waals surface area contributed by atoms with Crippen LogP contribution in [0.25, 0.3) is 10.2 Å². The maximum atomic E-state index is 12.3. The maximum absolute atomic E-state index is 12.3. The first kappa shape index (κ1) is 18.1. The van der Waals surface area contributed by atoms with Gasteiger partial charge in [0.1, 0.15) is 23.2 Å². The molecule has 2 heterocycles. The Labute approximate surface area is 153 Å². The predicted molar refractivity (Wildman–Crippen MR) is 97.8 cm³/mol. The molecule has 2 aromatic heterocycles. The van der Waals surface area contributed by atoms with Gasteiger partial charge >= 0.3 is 5.97 Å². The molecule has 0 radical (unpaired) electrons. The first-order valence-corrected chi connectivity index (χ1v) is 8.97. The van der Waals surface area contributed by atoms with Crippen LogP contribution in [0.15, 0.2) is 46.8 Å². The fourth-order valence-electron chi connectivity index (χ4n) is 2.38. The Morgan fingerprint density at radius 2 is 2.08 bits per heavy atom. The summed E-state index contributed by atoms with van der Waals surface area (Å²) in [6, 6.07) is 8.23. The molecular formula is C18H18N2O5S. The van der Waals surface area contributed by atoms with E-state index in [1.807, 2.05) is 5.38 Å². The summed E-state index contributed by atoms with van der Waals surface area (Å²) >= 11 is 1.33. The number of esters is 1. The molecule has 0 unspecified atom stereocenters. The molecule has 0 saturated heterocycles. The van der Waals surface area contributed by atoms with Gasteiger partial charge in [0.25, 0.3) is 5.56 Å². The predicted octanol–water partition coefficient (Wildman–Crippen LogP) is 2.07. The molecule has 0 aliphatic heterocycles. The quantitative estimate of drug-likeness (QED) is 0.637. The number of carbonyl (C=O) groups excluding carboxylic acids is 1. The zero-order valence-corrected chi connectivity index (χ0v) is 14.9. The second kappa shape index (κ2) is 8.11. The summed E-state index contributed by atoms with van der Waals surface area (Å²) in [5, 5.41) is 11.9. The number of aromatic nitrogens is 2. The average Bonchev–Trinajstić information content (AvgIpc) is 3.12. The van der Waals surface area contributed by atoms with Crippen LogP contribution in [0.3, 0.4) is 0 Å². The summed E-state index contributed by atoms with van der Waals surface area (Å²) < 4.78 is 12.4. The number of benzene rings is 1. The van der Waals surface area contributed by atoms with Crippen LogP contribution in [0.2, 0.25) is 0 Å². The average molecular weight is 374 g/mol. The lowest BCUT2D eigenvalue weighted by atomic mass is 10.2. The summed E-state index contributed by atoms with van der Waals surface area (Å²) in [5.41, 5.74) is 0.910. The minimum atomic E-state index is -0.878. The molecule has 3 aromatic rings. The molecule has 1 N–H and O–H groups in total. The third-order valence-electron chi connectivity index (χ3n) is 3.65. The van der Waals surface area contributed by atoms with Crippen LogP contribution < -0.4 is 10.3 Å². The standard InChI is InChI=1S/C18H18N2O5S/c1-2-24-18(23)12-3-5-14(6-4-12)25-10-13(21)9-20-11-19-15-7-8-26-16(15)17(20)22/h3-8,11,13,21H,2,9-10H2,1H3/t13-/m1/s1. The van der Waals surface area contributed by atoms with Crippen LogP contribution in [0, 0.1) is 0 Å². The topological polar surface area (TPSA) is 90.7 Å². The highest BCUT2D eigenvalue weighted by atomic mass is 32.1. The van der Waals surface area contributed by atoms with E-state index in [1.54, 1.807) is 37.3 Å². The van der Waals surface area contributed by atoms with E-state index in [2.05, 4.69) is 4.98 Å². The molecule has 0 fully saturated rings. The van der Waals surface area contributed by atoms with Crippen molar-refractivity contribution in [1.29, 1.82) is 0 Å². The zero-order chi connectivity index (χ0) is 18.5. The van der Waals surface area contributed by atoms with Gasteiger partial charge < -0.3 is 14.6 Å². The number of aliphatic hydroxyl groups is 1. The van der Waals surface area contributed by atoms with E-state index in [4.69, 9.17) is 9.47 Å². The van der Waals surface area contributed by atoms with E-state index in [-0.39, 0.29) is 18.7 Å².